The van der Waals surface area contributed by atoms with Crippen molar-refractivity contribution >= 4 is 12.3 Å². The van der Waals surface area contributed by atoms with E-state index in [0.717, 1.165) is 25.2 Å². The van der Waals surface area contributed by atoms with E-state index in [1.54, 1.807) is 0 Å². The molecule has 0 radical (unpaired) electrons. The fraction of sp³-hybridized carbons (Fsp3) is 0.875. The summed E-state index contributed by atoms with van der Waals surface area (Å²) in [6, 6.07) is -0.453. The summed E-state index contributed by atoms with van der Waals surface area (Å²) in [6.45, 7) is 2.04. The summed E-state index contributed by atoms with van der Waals surface area (Å²) in [5.74, 6) is 0.437. The van der Waals surface area contributed by atoms with Crippen LogP contribution in [0, 0.1) is 5.92 Å². The first-order valence-corrected chi connectivity index (χ1v) is 8.11. The molecule has 2 aliphatic rings. The third kappa shape index (κ3) is 4.78. The van der Waals surface area contributed by atoms with Crippen molar-refractivity contribution in [2.24, 2.45) is 5.92 Å². The number of rotatable bonds is 6. The van der Waals surface area contributed by atoms with E-state index in [2.05, 4.69) is 4.90 Å². The third-order valence-electron chi connectivity index (χ3n) is 4.72. The SMILES string of the molecule is COC(=O)[C@@H](CC=O)N1CCOC(CC2CCCCC2)C1. The molecule has 1 unspecified atom stereocenters. The van der Waals surface area contributed by atoms with Crippen LogP contribution in [-0.4, -0.2) is 56.1 Å². The molecule has 1 aliphatic carbocycles. The van der Waals surface area contributed by atoms with Crippen LogP contribution >= 0.6 is 0 Å². The van der Waals surface area contributed by atoms with Gasteiger partial charge in [0.25, 0.3) is 0 Å². The van der Waals surface area contributed by atoms with E-state index >= 15 is 0 Å². The molecule has 5 nitrogen and oxygen atoms in total. The van der Waals surface area contributed by atoms with Crippen LogP contribution in [0.3, 0.4) is 0 Å². The number of carbonyl (C=O) groups is 2. The summed E-state index contributed by atoms with van der Waals surface area (Å²) in [4.78, 5) is 24.7. The Morgan fingerprint density at radius 3 is 2.81 bits per heavy atom. The van der Waals surface area contributed by atoms with Gasteiger partial charge < -0.3 is 14.3 Å². The van der Waals surface area contributed by atoms with E-state index in [4.69, 9.17) is 9.47 Å². The zero-order valence-corrected chi connectivity index (χ0v) is 13.0. The fourth-order valence-corrected chi connectivity index (χ4v) is 3.58. The van der Waals surface area contributed by atoms with Crippen LogP contribution in [0.1, 0.15) is 44.9 Å². The molecule has 0 aromatic heterocycles. The van der Waals surface area contributed by atoms with Crippen molar-refractivity contribution < 1.29 is 19.1 Å². The van der Waals surface area contributed by atoms with E-state index in [1.807, 2.05) is 0 Å². The number of ether oxygens (including phenoxy) is 2. The summed E-state index contributed by atoms with van der Waals surface area (Å²) < 4.78 is 10.7. The molecule has 0 aromatic carbocycles. The van der Waals surface area contributed by atoms with Crippen LogP contribution in [-0.2, 0) is 19.1 Å². The number of methoxy groups -OCH3 is 1. The molecule has 1 saturated carbocycles. The number of hydrogen-bond acceptors (Lipinski definition) is 5. The fourth-order valence-electron chi connectivity index (χ4n) is 3.58. The Kier molecular flexibility index (Phi) is 6.64. The standard InChI is InChI=1S/C16H27NO4/c1-20-16(19)15(7-9-18)17-8-10-21-14(12-17)11-13-5-3-2-4-6-13/h9,13-15H,2-8,10-12H2,1H3/t14?,15-/m1/s1. The van der Waals surface area contributed by atoms with Gasteiger partial charge in [0.2, 0.25) is 0 Å². The zero-order chi connectivity index (χ0) is 15.1. The van der Waals surface area contributed by atoms with Gasteiger partial charge in [0.15, 0.2) is 0 Å². The van der Waals surface area contributed by atoms with Crippen molar-refractivity contribution in [3.63, 3.8) is 0 Å². The summed E-state index contributed by atoms with van der Waals surface area (Å²) >= 11 is 0. The van der Waals surface area contributed by atoms with Gasteiger partial charge in [-0.05, 0) is 12.3 Å². The molecular formula is C16H27NO4. The monoisotopic (exact) mass is 297 g/mol. The molecule has 0 bridgehead atoms. The van der Waals surface area contributed by atoms with E-state index in [-0.39, 0.29) is 18.5 Å². The van der Waals surface area contributed by atoms with Crippen LogP contribution in [0.25, 0.3) is 0 Å². The van der Waals surface area contributed by atoms with E-state index in [9.17, 15) is 9.59 Å². The number of morpholine rings is 1. The van der Waals surface area contributed by atoms with E-state index in [0.29, 0.717) is 13.2 Å². The normalized spacial score (nSPS) is 26.2. The Balaban J connectivity index is 1.88. The second kappa shape index (κ2) is 8.49. The van der Waals surface area contributed by atoms with Crippen LogP contribution in [0.15, 0.2) is 0 Å². The lowest BCUT2D eigenvalue weighted by atomic mass is 9.85. The maximum atomic E-state index is 11.8. The summed E-state index contributed by atoms with van der Waals surface area (Å²) in [5.41, 5.74) is 0. The highest BCUT2D eigenvalue weighted by Gasteiger charge is 2.32. The quantitative estimate of drug-likeness (QED) is 0.552. The van der Waals surface area contributed by atoms with E-state index < -0.39 is 6.04 Å². The van der Waals surface area contributed by atoms with Gasteiger partial charge in [-0.15, -0.1) is 0 Å². The number of carbonyl (C=O) groups excluding carboxylic acids is 2. The Morgan fingerprint density at radius 1 is 1.38 bits per heavy atom. The first kappa shape index (κ1) is 16.4. The van der Waals surface area contributed by atoms with Gasteiger partial charge in [-0.2, -0.15) is 0 Å². The number of esters is 1. The highest BCUT2D eigenvalue weighted by atomic mass is 16.5. The summed E-state index contributed by atoms with van der Waals surface area (Å²) in [5, 5.41) is 0. The highest BCUT2D eigenvalue weighted by Crippen LogP contribution is 2.29. The molecule has 1 aliphatic heterocycles. The second-order valence-corrected chi connectivity index (χ2v) is 6.17. The molecule has 0 spiro atoms. The zero-order valence-electron chi connectivity index (χ0n) is 13.0. The van der Waals surface area contributed by atoms with Crippen molar-refractivity contribution in [1.82, 2.24) is 4.90 Å². The predicted octanol–water partition coefficient (Wildman–Crippen LogP) is 1.79. The molecule has 1 saturated heterocycles. The molecule has 2 rings (SSSR count). The Morgan fingerprint density at radius 2 is 2.14 bits per heavy atom. The van der Waals surface area contributed by atoms with Crippen LogP contribution < -0.4 is 0 Å². The molecule has 2 atom stereocenters. The third-order valence-corrected chi connectivity index (χ3v) is 4.72. The van der Waals surface area contributed by atoms with E-state index in [1.165, 1.54) is 39.2 Å². The molecule has 5 heteroatoms. The molecule has 0 amide bonds. The minimum absolute atomic E-state index is 0.181. The van der Waals surface area contributed by atoms with Crippen molar-refractivity contribution in [2.75, 3.05) is 26.8 Å². The predicted molar refractivity (Wildman–Crippen MR) is 79.0 cm³/mol. The first-order chi connectivity index (χ1) is 10.2. The topological polar surface area (TPSA) is 55.8 Å². The highest BCUT2D eigenvalue weighted by molar-refractivity contribution is 5.78. The van der Waals surface area contributed by atoms with Gasteiger partial charge in [-0.3, -0.25) is 9.69 Å². The molecule has 21 heavy (non-hydrogen) atoms. The Hall–Kier alpha value is -0.940. The first-order valence-electron chi connectivity index (χ1n) is 8.11. The maximum absolute atomic E-state index is 11.8. The number of nitrogens with zero attached hydrogens (tertiary/aromatic N) is 1. The lowest BCUT2D eigenvalue weighted by Gasteiger charge is -2.38. The molecule has 120 valence electrons. The van der Waals surface area contributed by atoms with Crippen molar-refractivity contribution in [2.45, 2.75) is 57.1 Å². The molecule has 1 heterocycles. The molecular weight excluding hydrogens is 270 g/mol. The van der Waals surface area contributed by atoms with Gasteiger partial charge in [0.1, 0.15) is 12.3 Å². The van der Waals surface area contributed by atoms with Crippen molar-refractivity contribution in [3.05, 3.63) is 0 Å². The average molecular weight is 297 g/mol. The lowest BCUT2D eigenvalue weighted by molar-refractivity contribution is -0.151. The average Bonchev–Trinajstić information content (AvgIpc) is 2.53. The van der Waals surface area contributed by atoms with Gasteiger partial charge in [-0.25, -0.2) is 0 Å². The van der Waals surface area contributed by atoms with Crippen molar-refractivity contribution in [1.29, 1.82) is 0 Å². The maximum Gasteiger partial charge on any atom is 0.323 e. The van der Waals surface area contributed by atoms with Crippen LogP contribution in [0.5, 0.6) is 0 Å². The second-order valence-electron chi connectivity index (χ2n) is 6.17. The molecule has 0 N–H and O–H groups in total. The lowest BCUT2D eigenvalue weighted by Crippen LogP contribution is -2.51. The minimum atomic E-state index is -0.453. The largest absolute Gasteiger partial charge is 0.468 e. The van der Waals surface area contributed by atoms with Gasteiger partial charge in [0.05, 0.1) is 19.8 Å². The minimum Gasteiger partial charge on any atom is -0.468 e. The van der Waals surface area contributed by atoms with Gasteiger partial charge >= 0.3 is 5.97 Å². The summed E-state index contributed by atoms with van der Waals surface area (Å²) in [7, 11) is 1.38. The van der Waals surface area contributed by atoms with Crippen molar-refractivity contribution in [3.8, 4) is 0 Å². The Bertz CT molecular complexity index is 341. The number of hydrogen-bond donors (Lipinski definition) is 0. The van der Waals surface area contributed by atoms with Crippen LogP contribution in [0.2, 0.25) is 0 Å². The molecule has 2 fully saturated rings. The van der Waals surface area contributed by atoms with Crippen LogP contribution in [0.4, 0.5) is 0 Å². The van der Waals surface area contributed by atoms with Gasteiger partial charge in [-0.1, -0.05) is 32.1 Å². The molecule has 0 aromatic rings. The number of aldehydes is 1. The Labute approximate surface area is 127 Å². The smallest absolute Gasteiger partial charge is 0.323 e. The van der Waals surface area contributed by atoms with Gasteiger partial charge in [0, 0.05) is 19.5 Å². The summed E-state index contributed by atoms with van der Waals surface area (Å²) in [6.07, 6.45) is 8.87.